The van der Waals surface area contributed by atoms with E-state index < -0.39 is 0 Å². The highest BCUT2D eigenvalue weighted by molar-refractivity contribution is 6.11. The van der Waals surface area contributed by atoms with Crippen LogP contribution in [0.2, 0.25) is 5.82 Å². The first-order valence-electron chi connectivity index (χ1n) is 5.79. The molecule has 0 saturated heterocycles. The quantitative estimate of drug-likeness (QED) is 0.550. The van der Waals surface area contributed by atoms with Gasteiger partial charge in [-0.25, -0.2) is 0 Å². The Morgan fingerprint density at radius 3 is 2.17 bits per heavy atom. The molecule has 0 amide bonds. The number of hydrogen-bond acceptors (Lipinski definition) is 0. The predicted octanol–water partition coefficient (Wildman–Crippen LogP) is 2.64. The van der Waals surface area contributed by atoms with Crippen LogP contribution in [0.25, 0.3) is 0 Å². The molecule has 0 aliphatic heterocycles. The van der Waals surface area contributed by atoms with E-state index in [-0.39, 0.29) is 0 Å². The van der Waals surface area contributed by atoms with Gasteiger partial charge in [0.25, 0.3) is 0 Å². The van der Waals surface area contributed by atoms with Crippen molar-refractivity contribution in [3.63, 3.8) is 0 Å². The molecule has 0 radical (unpaired) electrons. The van der Waals surface area contributed by atoms with Gasteiger partial charge in [-0.15, -0.1) is 0 Å². The highest BCUT2D eigenvalue weighted by Gasteiger charge is 2.38. The predicted molar refractivity (Wildman–Crippen MR) is 56.1 cm³/mol. The summed E-state index contributed by atoms with van der Waals surface area (Å²) in [6.45, 7) is 2.41. The summed E-state index contributed by atoms with van der Waals surface area (Å²) < 4.78 is 0. The second kappa shape index (κ2) is 3.43. The molecule has 2 aliphatic carbocycles. The van der Waals surface area contributed by atoms with Gasteiger partial charge in [-0.1, -0.05) is 44.8 Å². The van der Waals surface area contributed by atoms with Crippen LogP contribution in [0.3, 0.4) is 0 Å². The zero-order valence-corrected chi connectivity index (χ0v) is 8.55. The average Bonchev–Trinajstić information content (AvgIpc) is 2.35. The van der Waals surface area contributed by atoms with Crippen molar-refractivity contribution < 1.29 is 0 Å². The van der Waals surface area contributed by atoms with E-state index in [0.717, 1.165) is 23.6 Å². The zero-order valence-electron chi connectivity index (χ0n) is 8.55. The van der Waals surface area contributed by atoms with E-state index in [9.17, 15) is 0 Å². The van der Waals surface area contributed by atoms with Gasteiger partial charge in [0.2, 0.25) is 0 Å². The van der Waals surface area contributed by atoms with Crippen LogP contribution in [0.4, 0.5) is 0 Å². The highest BCUT2D eigenvalue weighted by Crippen LogP contribution is 2.49. The van der Waals surface area contributed by atoms with E-state index in [1.165, 1.54) is 19.3 Å². The molecular formula is C11H21B. The standard InChI is InChI=1S/C11H21B/c1-8(12)10-6-7-11(10)9-4-2-3-5-9/h8-11H,2-7,12H2,1H3. The molecule has 0 aromatic carbocycles. The summed E-state index contributed by atoms with van der Waals surface area (Å²) in [6, 6.07) is 0. The fourth-order valence-electron chi connectivity index (χ4n) is 3.35. The summed E-state index contributed by atoms with van der Waals surface area (Å²) in [4.78, 5) is 0. The largest absolute Gasteiger partial charge is 0.105 e. The minimum Gasteiger partial charge on any atom is -0.0695 e. The van der Waals surface area contributed by atoms with Crippen molar-refractivity contribution in [2.45, 2.75) is 51.3 Å². The van der Waals surface area contributed by atoms with Gasteiger partial charge in [0.1, 0.15) is 7.85 Å². The Bertz CT molecular complexity index is 145. The van der Waals surface area contributed by atoms with E-state index in [2.05, 4.69) is 14.8 Å². The van der Waals surface area contributed by atoms with Crippen molar-refractivity contribution in [3.05, 3.63) is 0 Å². The van der Waals surface area contributed by atoms with Crippen LogP contribution in [0.1, 0.15) is 45.4 Å². The summed E-state index contributed by atoms with van der Waals surface area (Å²) in [7, 11) is 2.41. The van der Waals surface area contributed by atoms with E-state index in [0.29, 0.717) is 0 Å². The lowest BCUT2D eigenvalue weighted by molar-refractivity contribution is 0.103. The summed E-state index contributed by atoms with van der Waals surface area (Å²) in [5, 5.41) is 0. The SMILES string of the molecule is BC(C)C1CCC1C1CCCC1. The van der Waals surface area contributed by atoms with E-state index in [1.54, 1.807) is 19.3 Å². The van der Waals surface area contributed by atoms with Crippen LogP contribution in [-0.2, 0) is 0 Å². The Kier molecular flexibility index (Phi) is 2.48. The molecule has 3 atom stereocenters. The van der Waals surface area contributed by atoms with Crippen molar-refractivity contribution in [2.24, 2.45) is 17.8 Å². The summed E-state index contributed by atoms with van der Waals surface area (Å²) >= 11 is 0. The zero-order chi connectivity index (χ0) is 8.55. The molecule has 3 unspecified atom stereocenters. The Labute approximate surface area is 77.5 Å². The van der Waals surface area contributed by atoms with Crippen LogP contribution in [0.5, 0.6) is 0 Å². The molecule has 0 aromatic rings. The first-order chi connectivity index (χ1) is 5.79. The third-order valence-electron chi connectivity index (χ3n) is 4.24. The van der Waals surface area contributed by atoms with Gasteiger partial charge in [0, 0.05) is 0 Å². The highest BCUT2D eigenvalue weighted by atomic mass is 14.4. The Balaban J connectivity index is 1.87. The van der Waals surface area contributed by atoms with Gasteiger partial charge in [-0.05, 0) is 24.2 Å². The average molecular weight is 164 g/mol. The Hall–Kier alpha value is 0.0649. The molecule has 0 N–H and O–H groups in total. The van der Waals surface area contributed by atoms with E-state index in [1.807, 2.05) is 0 Å². The molecule has 0 nitrogen and oxygen atoms in total. The summed E-state index contributed by atoms with van der Waals surface area (Å²) in [5.74, 6) is 4.30. The maximum atomic E-state index is 2.41. The summed E-state index contributed by atoms with van der Waals surface area (Å²) in [5.41, 5.74) is 0. The van der Waals surface area contributed by atoms with Crippen molar-refractivity contribution in [2.75, 3.05) is 0 Å². The van der Waals surface area contributed by atoms with Gasteiger partial charge in [0.15, 0.2) is 0 Å². The normalized spacial score (nSPS) is 39.4. The van der Waals surface area contributed by atoms with Crippen LogP contribution in [0.15, 0.2) is 0 Å². The molecule has 0 heterocycles. The molecule has 68 valence electrons. The lowest BCUT2D eigenvalue weighted by atomic mass is 9.57. The van der Waals surface area contributed by atoms with Gasteiger partial charge in [-0.3, -0.25) is 0 Å². The third-order valence-corrected chi connectivity index (χ3v) is 4.24. The van der Waals surface area contributed by atoms with Gasteiger partial charge in [-0.2, -0.15) is 0 Å². The first kappa shape index (κ1) is 8.65. The molecule has 0 aromatic heterocycles. The van der Waals surface area contributed by atoms with Gasteiger partial charge < -0.3 is 0 Å². The maximum absolute atomic E-state index is 2.41. The lowest BCUT2D eigenvalue weighted by Gasteiger charge is -2.43. The molecule has 1 heteroatoms. The molecule has 0 bridgehead atoms. The van der Waals surface area contributed by atoms with Crippen molar-refractivity contribution in [1.82, 2.24) is 0 Å². The fourth-order valence-corrected chi connectivity index (χ4v) is 3.35. The fraction of sp³-hybridized carbons (Fsp3) is 1.00. The monoisotopic (exact) mass is 164 g/mol. The van der Waals surface area contributed by atoms with E-state index in [4.69, 9.17) is 0 Å². The molecule has 12 heavy (non-hydrogen) atoms. The van der Waals surface area contributed by atoms with Crippen LogP contribution in [0, 0.1) is 17.8 Å². The summed E-state index contributed by atoms with van der Waals surface area (Å²) in [6.07, 6.45) is 9.21. The molecule has 0 spiro atoms. The van der Waals surface area contributed by atoms with Crippen LogP contribution >= 0.6 is 0 Å². The van der Waals surface area contributed by atoms with Crippen LogP contribution in [-0.4, -0.2) is 7.85 Å². The minimum absolute atomic E-state index is 0.948. The van der Waals surface area contributed by atoms with Crippen molar-refractivity contribution in [3.8, 4) is 0 Å². The van der Waals surface area contributed by atoms with Gasteiger partial charge >= 0.3 is 0 Å². The first-order valence-corrected chi connectivity index (χ1v) is 5.79. The van der Waals surface area contributed by atoms with Crippen molar-refractivity contribution >= 4 is 7.85 Å². The molecular weight excluding hydrogens is 143 g/mol. The Morgan fingerprint density at radius 1 is 1.08 bits per heavy atom. The maximum Gasteiger partial charge on any atom is 0.105 e. The molecule has 2 rings (SSSR count). The topological polar surface area (TPSA) is 0 Å². The number of rotatable bonds is 2. The minimum atomic E-state index is 0.948. The van der Waals surface area contributed by atoms with Crippen LogP contribution < -0.4 is 0 Å². The Morgan fingerprint density at radius 2 is 1.75 bits per heavy atom. The molecule has 2 saturated carbocycles. The van der Waals surface area contributed by atoms with Crippen molar-refractivity contribution in [1.29, 1.82) is 0 Å². The second-order valence-electron chi connectivity index (χ2n) is 5.19. The molecule has 2 fully saturated rings. The van der Waals surface area contributed by atoms with Gasteiger partial charge in [0.05, 0.1) is 0 Å². The van der Waals surface area contributed by atoms with E-state index >= 15 is 0 Å². The molecule has 2 aliphatic rings. The third kappa shape index (κ3) is 1.43. The number of hydrogen-bond donors (Lipinski definition) is 0. The lowest BCUT2D eigenvalue weighted by Crippen LogP contribution is -2.33. The smallest absolute Gasteiger partial charge is 0.0695 e. The second-order valence-corrected chi connectivity index (χ2v) is 5.19.